The summed E-state index contributed by atoms with van der Waals surface area (Å²) in [4.78, 5) is 125. The molecule has 0 fully saturated rings. The maximum absolute atomic E-state index is 13.6. The Bertz CT molecular complexity index is 2030. The number of nitro benzene ring substituents is 2. The molecule has 0 radical (unpaired) electrons. The number of benzene rings is 2. The number of para-hydroxylation sites is 1. The van der Waals surface area contributed by atoms with Gasteiger partial charge >= 0.3 is 0 Å². The minimum absolute atomic E-state index is 0.0745. The number of hydrogen-bond acceptors (Lipinski definition) is 14. The normalized spacial score (nSPS) is 13.3. The number of primary amides is 2. The van der Waals surface area contributed by atoms with Crippen LogP contribution in [0.2, 0.25) is 0 Å². The van der Waals surface area contributed by atoms with Crippen LogP contribution < -0.4 is 49.1 Å². The summed E-state index contributed by atoms with van der Waals surface area (Å²) in [7, 11) is 0. The molecule has 5 atom stereocenters. The molecule has 338 valence electrons. The van der Waals surface area contributed by atoms with Crippen molar-refractivity contribution in [2.45, 2.75) is 84.6 Å². The molecule has 12 N–H and O–H groups in total. The summed E-state index contributed by atoms with van der Waals surface area (Å²) in [6.07, 6.45) is -0.481. The predicted molar refractivity (Wildman–Crippen MR) is 223 cm³/mol. The fraction of sp³-hybridized carbons (Fsp3) is 0.474. The maximum atomic E-state index is 13.6. The lowest BCUT2D eigenvalue weighted by Crippen LogP contribution is -2.60. The molecule has 0 heterocycles. The summed E-state index contributed by atoms with van der Waals surface area (Å²) in [6, 6.07) is 2.75. The number of nitrogens with zero attached hydrogens (tertiary/aromatic N) is 3. The smallest absolute Gasteiger partial charge is 0.299 e. The monoisotopic (exact) mass is 870 g/mol. The molecule has 24 nitrogen and oxygen atoms in total. The minimum Gasteiger partial charge on any atom is -0.398 e. The van der Waals surface area contributed by atoms with Gasteiger partial charge in [-0.2, -0.15) is 0 Å². The highest BCUT2D eigenvalue weighted by atomic mass is 16.6. The second-order valence-electron chi connectivity index (χ2n) is 14.8. The van der Waals surface area contributed by atoms with E-state index in [9.17, 15) is 58.6 Å². The van der Waals surface area contributed by atoms with Crippen LogP contribution in [-0.2, 0) is 33.6 Å². The summed E-state index contributed by atoms with van der Waals surface area (Å²) in [5, 5.41) is 37.8. The van der Waals surface area contributed by atoms with Crippen LogP contribution in [0.1, 0.15) is 64.7 Å². The first-order chi connectivity index (χ1) is 29.0. The van der Waals surface area contributed by atoms with Crippen LogP contribution in [0, 0.1) is 32.1 Å². The first kappa shape index (κ1) is 50.7. The van der Waals surface area contributed by atoms with Crippen molar-refractivity contribution in [1.29, 1.82) is 0 Å². The van der Waals surface area contributed by atoms with Crippen LogP contribution in [0.15, 0.2) is 42.5 Å². The molecule has 0 bridgehead atoms. The van der Waals surface area contributed by atoms with Crippen LogP contribution >= 0.6 is 0 Å². The van der Waals surface area contributed by atoms with E-state index in [0.717, 1.165) is 23.1 Å². The first-order valence-corrected chi connectivity index (χ1v) is 19.3. The summed E-state index contributed by atoms with van der Waals surface area (Å²) >= 11 is 0. The lowest BCUT2D eigenvalue weighted by molar-refractivity contribution is -0.393. The summed E-state index contributed by atoms with van der Waals surface area (Å²) in [5.74, 6) is -7.48. The van der Waals surface area contributed by atoms with Gasteiger partial charge in [-0.3, -0.25) is 58.6 Å². The standard InChI is InChI=1S/C38H54N12O12/c1-19(2)31(47-38(58)32(20(3)4)46-36(56)27(13-14-29(40)51)45-35(55)24-9-7-8-10-25(24)39)37(57)44-21(5)34(54)43-18-30(52)48(22(6)33(41)53)16-15-42-26-12-11-23(49(59)60)17-28(26)50(61)62/h7-12,17,19-22,27,31-32,42H,13-16,18,39H2,1-6H3,(H2,40,51)(H2,41,53)(H,43,54)(H,44,57)(H,45,55)(H,46,56)(H,47,58)/t21-,22-,27-,31-,32-/m0/s1. The summed E-state index contributed by atoms with van der Waals surface area (Å²) < 4.78 is 0. The second kappa shape index (κ2) is 23.4. The number of carbonyl (C=O) groups is 8. The largest absolute Gasteiger partial charge is 0.398 e. The summed E-state index contributed by atoms with van der Waals surface area (Å²) in [5.41, 5.74) is 15.6. The zero-order valence-corrected chi connectivity index (χ0v) is 35.1. The minimum atomic E-state index is -1.31. The van der Waals surface area contributed by atoms with Crippen LogP contribution in [0.4, 0.5) is 22.7 Å². The fourth-order valence-corrected chi connectivity index (χ4v) is 5.78. The van der Waals surface area contributed by atoms with E-state index in [1.165, 1.54) is 26.0 Å². The Balaban J connectivity index is 2.10. The number of nitro groups is 2. The van der Waals surface area contributed by atoms with Crippen molar-refractivity contribution in [1.82, 2.24) is 31.5 Å². The van der Waals surface area contributed by atoms with Crippen molar-refractivity contribution in [2.75, 3.05) is 30.7 Å². The van der Waals surface area contributed by atoms with Gasteiger partial charge in [0.05, 0.1) is 28.0 Å². The molecule has 24 heteroatoms. The van der Waals surface area contributed by atoms with Gasteiger partial charge in [-0.15, -0.1) is 0 Å². The van der Waals surface area contributed by atoms with Crippen LogP contribution in [-0.4, -0.2) is 112 Å². The molecule has 0 aromatic heterocycles. The van der Waals surface area contributed by atoms with Crippen molar-refractivity contribution >= 4 is 70.0 Å². The molecule has 0 aliphatic heterocycles. The molecule has 0 aliphatic carbocycles. The molecule has 2 aromatic carbocycles. The molecule has 2 rings (SSSR count). The van der Waals surface area contributed by atoms with Crippen molar-refractivity contribution in [3.8, 4) is 0 Å². The molecule has 0 spiro atoms. The average molecular weight is 871 g/mol. The molecular weight excluding hydrogens is 816 g/mol. The van der Waals surface area contributed by atoms with Crippen LogP contribution in [0.25, 0.3) is 0 Å². The highest BCUT2D eigenvalue weighted by Gasteiger charge is 2.34. The zero-order valence-electron chi connectivity index (χ0n) is 35.1. The quantitative estimate of drug-likeness (QED) is 0.0353. The van der Waals surface area contributed by atoms with Crippen molar-refractivity contribution in [3.63, 3.8) is 0 Å². The SMILES string of the molecule is CC(C)[C@H](NC(=O)[C@H](CCC(N)=O)NC(=O)c1ccccc1N)C(=O)N[C@H](C(=O)N[C@@H](C)C(=O)NCC(=O)N(CCNc1ccc([N+](=O)[O-])cc1[N+](=O)[O-])[C@@H](C)C(N)=O)C(C)C. The van der Waals surface area contributed by atoms with Gasteiger partial charge in [-0.1, -0.05) is 39.8 Å². The molecule has 0 saturated heterocycles. The van der Waals surface area contributed by atoms with Gasteiger partial charge < -0.3 is 54.0 Å². The third-order valence-corrected chi connectivity index (χ3v) is 9.42. The van der Waals surface area contributed by atoms with E-state index in [0.29, 0.717) is 0 Å². The second-order valence-corrected chi connectivity index (χ2v) is 14.8. The van der Waals surface area contributed by atoms with E-state index >= 15 is 0 Å². The number of nitrogens with one attached hydrogen (secondary N) is 6. The lowest BCUT2D eigenvalue weighted by Gasteiger charge is -2.29. The number of rotatable bonds is 24. The van der Waals surface area contributed by atoms with E-state index in [1.54, 1.807) is 39.8 Å². The third kappa shape index (κ3) is 15.0. The van der Waals surface area contributed by atoms with Gasteiger partial charge in [0.15, 0.2) is 0 Å². The van der Waals surface area contributed by atoms with E-state index in [-0.39, 0.29) is 42.9 Å². The molecule has 0 unspecified atom stereocenters. The van der Waals surface area contributed by atoms with Gasteiger partial charge in [0.25, 0.3) is 17.3 Å². The fourth-order valence-electron chi connectivity index (χ4n) is 5.78. The Kier molecular flexibility index (Phi) is 19.2. The Labute approximate surface area is 356 Å². The average Bonchev–Trinajstić information content (AvgIpc) is 3.19. The molecule has 62 heavy (non-hydrogen) atoms. The van der Waals surface area contributed by atoms with Gasteiger partial charge in [0.2, 0.25) is 41.4 Å². The number of hydrogen-bond donors (Lipinski definition) is 9. The van der Waals surface area contributed by atoms with Crippen molar-refractivity contribution in [2.24, 2.45) is 23.3 Å². The van der Waals surface area contributed by atoms with E-state index in [1.807, 2.05) is 0 Å². The highest BCUT2D eigenvalue weighted by Crippen LogP contribution is 2.28. The van der Waals surface area contributed by atoms with E-state index in [4.69, 9.17) is 17.2 Å². The Hall–Kier alpha value is -7.40. The van der Waals surface area contributed by atoms with E-state index in [2.05, 4.69) is 31.9 Å². The molecule has 0 saturated carbocycles. The van der Waals surface area contributed by atoms with E-state index < -0.39 is 117 Å². The lowest BCUT2D eigenvalue weighted by atomic mass is 9.98. The van der Waals surface area contributed by atoms with Gasteiger partial charge in [0.1, 0.15) is 35.9 Å². The number of amides is 8. The number of nitrogens with two attached hydrogens (primary N) is 3. The van der Waals surface area contributed by atoms with Gasteiger partial charge in [-0.05, 0) is 50.3 Å². The topological polar surface area (TPSA) is 376 Å². The maximum Gasteiger partial charge on any atom is 0.299 e. The number of anilines is 2. The number of carbonyl (C=O) groups excluding carboxylic acids is 8. The predicted octanol–water partition coefficient (Wildman–Crippen LogP) is -0.834. The number of nitrogen functional groups attached to an aromatic ring is 1. The number of non-ortho nitro benzene ring substituents is 1. The zero-order chi connectivity index (χ0) is 47.0. The highest BCUT2D eigenvalue weighted by molar-refractivity contribution is 6.02. The van der Waals surface area contributed by atoms with Crippen molar-refractivity contribution in [3.05, 3.63) is 68.3 Å². The van der Waals surface area contributed by atoms with Crippen LogP contribution in [0.5, 0.6) is 0 Å². The Morgan fingerprint density at radius 1 is 0.742 bits per heavy atom. The molecule has 8 amide bonds. The summed E-state index contributed by atoms with van der Waals surface area (Å²) in [6.45, 7) is 8.00. The Morgan fingerprint density at radius 2 is 1.32 bits per heavy atom. The third-order valence-electron chi connectivity index (χ3n) is 9.42. The van der Waals surface area contributed by atoms with Crippen molar-refractivity contribution < 1.29 is 48.2 Å². The Morgan fingerprint density at radius 3 is 1.85 bits per heavy atom. The molecule has 2 aromatic rings. The van der Waals surface area contributed by atoms with Gasteiger partial charge in [0, 0.05) is 31.3 Å². The van der Waals surface area contributed by atoms with Crippen LogP contribution in [0.3, 0.4) is 0 Å². The first-order valence-electron chi connectivity index (χ1n) is 19.3. The molecule has 0 aliphatic rings. The molecular formula is C38H54N12O12. The van der Waals surface area contributed by atoms with Gasteiger partial charge in [-0.25, -0.2) is 0 Å².